The van der Waals surface area contributed by atoms with E-state index < -0.39 is 10.0 Å². The molecule has 0 saturated carbocycles. The number of sulfonamides is 1. The highest BCUT2D eigenvalue weighted by Gasteiger charge is 2.24. The van der Waals surface area contributed by atoms with Gasteiger partial charge in [0.15, 0.2) is 5.82 Å². The summed E-state index contributed by atoms with van der Waals surface area (Å²) in [5, 5.41) is 5.28. The number of nitrogens with one attached hydrogen (secondary N) is 1. The lowest BCUT2D eigenvalue weighted by Gasteiger charge is -2.38. The van der Waals surface area contributed by atoms with Gasteiger partial charge in [0.25, 0.3) is 0 Å². The van der Waals surface area contributed by atoms with Crippen molar-refractivity contribution >= 4 is 38.1 Å². The second kappa shape index (κ2) is 9.38. The third-order valence-corrected chi connectivity index (χ3v) is 6.19. The Morgan fingerprint density at radius 2 is 1.68 bits per heavy atom. The third kappa shape index (κ3) is 4.86. The van der Waals surface area contributed by atoms with Gasteiger partial charge in [-0.3, -0.25) is 9.73 Å². The molecule has 8 nitrogen and oxygen atoms in total. The van der Waals surface area contributed by atoms with E-state index in [9.17, 15) is 8.42 Å². The Kier molecular flexibility index (Phi) is 6.14. The molecule has 1 fully saturated rings. The van der Waals surface area contributed by atoms with Crippen molar-refractivity contribution in [1.29, 1.82) is 0 Å². The zero-order chi connectivity index (χ0) is 23.5. The SMILES string of the molecule is CS(=O)(=O)Nc1cccc(-c2ccc3ncnc(N(c4ccccc4)N4CCOCC4)c3c2)c1. The minimum atomic E-state index is -3.36. The van der Waals surface area contributed by atoms with Crippen LogP contribution in [0, 0.1) is 0 Å². The van der Waals surface area contributed by atoms with Gasteiger partial charge >= 0.3 is 0 Å². The van der Waals surface area contributed by atoms with Gasteiger partial charge in [-0.05, 0) is 47.5 Å². The first-order valence-electron chi connectivity index (χ1n) is 11.0. The molecule has 174 valence electrons. The van der Waals surface area contributed by atoms with Crippen molar-refractivity contribution in [3.63, 3.8) is 0 Å². The van der Waals surface area contributed by atoms with Crippen molar-refractivity contribution in [3.05, 3.63) is 79.1 Å². The van der Waals surface area contributed by atoms with E-state index in [-0.39, 0.29) is 0 Å². The van der Waals surface area contributed by atoms with Crippen LogP contribution in [-0.2, 0) is 14.8 Å². The number of ether oxygens (including phenoxy) is 1. The van der Waals surface area contributed by atoms with Crippen LogP contribution < -0.4 is 9.73 Å². The van der Waals surface area contributed by atoms with E-state index in [1.807, 2.05) is 48.5 Å². The molecule has 0 atom stereocenters. The van der Waals surface area contributed by atoms with Crippen LogP contribution in [0.5, 0.6) is 0 Å². The van der Waals surface area contributed by atoms with Crippen LogP contribution in [0.2, 0.25) is 0 Å². The molecular weight excluding hydrogens is 450 g/mol. The minimum absolute atomic E-state index is 0.517. The average Bonchev–Trinajstić information content (AvgIpc) is 2.85. The van der Waals surface area contributed by atoms with Gasteiger partial charge in [0.05, 0.1) is 30.7 Å². The molecule has 9 heteroatoms. The number of morpholine rings is 1. The van der Waals surface area contributed by atoms with Crippen molar-refractivity contribution in [2.75, 3.05) is 42.3 Å². The maximum absolute atomic E-state index is 11.7. The fourth-order valence-electron chi connectivity index (χ4n) is 4.11. The summed E-state index contributed by atoms with van der Waals surface area (Å²) in [7, 11) is -3.36. The van der Waals surface area contributed by atoms with E-state index in [0.717, 1.165) is 52.9 Å². The molecule has 5 rings (SSSR count). The minimum Gasteiger partial charge on any atom is -0.379 e. The van der Waals surface area contributed by atoms with E-state index in [4.69, 9.17) is 9.72 Å². The number of hydrogen-bond donors (Lipinski definition) is 1. The number of para-hydroxylation sites is 1. The number of aromatic nitrogens is 2. The molecule has 0 spiro atoms. The summed E-state index contributed by atoms with van der Waals surface area (Å²) in [6, 6.07) is 23.5. The molecule has 4 aromatic rings. The first kappa shape index (κ1) is 22.3. The number of hydrogen-bond acceptors (Lipinski definition) is 7. The Balaban J connectivity index is 1.62. The number of fused-ring (bicyclic) bond motifs is 1. The van der Waals surface area contributed by atoms with Crippen LogP contribution in [0.15, 0.2) is 79.1 Å². The fourth-order valence-corrected chi connectivity index (χ4v) is 4.67. The quantitative estimate of drug-likeness (QED) is 0.450. The smallest absolute Gasteiger partial charge is 0.229 e. The molecular formula is C25H25N5O3S. The molecule has 0 radical (unpaired) electrons. The van der Waals surface area contributed by atoms with E-state index in [2.05, 4.69) is 37.9 Å². The van der Waals surface area contributed by atoms with Crippen LogP contribution in [-0.4, -0.2) is 56.0 Å². The van der Waals surface area contributed by atoms with Gasteiger partial charge in [-0.15, -0.1) is 0 Å². The van der Waals surface area contributed by atoms with Crippen molar-refractivity contribution < 1.29 is 13.2 Å². The molecule has 34 heavy (non-hydrogen) atoms. The van der Waals surface area contributed by atoms with E-state index in [1.54, 1.807) is 12.4 Å². The number of benzene rings is 3. The predicted octanol–water partition coefficient (Wildman–Crippen LogP) is 4.05. The van der Waals surface area contributed by atoms with Gasteiger partial charge in [0, 0.05) is 24.2 Å². The first-order chi connectivity index (χ1) is 16.5. The van der Waals surface area contributed by atoms with E-state index >= 15 is 0 Å². The summed E-state index contributed by atoms with van der Waals surface area (Å²) in [6.07, 6.45) is 2.73. The van der Waals surface area contributed by atoms with Crippen molar-refractivity contribution in [3.8, 4) is 11.1 Å². The molecule has 0 aliphatic carbocycles. The second-order valence-corrected chi connectivity index (χ2v) is 9.85. The monoisotopic (exact) mass is 475 g/mol. The van der Waals surface area contributed by atoms with Gasteiger partial charge in [-0.2, -0.15) is 0 Å². The van der Waals surface area contributed by atoms with Gasteiger partial charge < -0.3 is 4.74 Å². The van der Waals surface area contributed by atoms with E-state index in [0.29, 0.717) is 18.9 Å². The summed E-state index contributed by atoms with van der Waals surface area (Å²) in [6.45, 7) is 2.80. The molecule has 1 aliphatic rings. The predicted molar refractivity (Wildman–Crippen MR) is 134 cm³/mol. The standard InChI is InChI=1S/C25H25N5O3S/c1-34(31,32)28-21-7-5-6-19(16-21)20-10-11-24-23(17-20)25(27-18-26-24)30(22-8-3-2-4-9-22)29-12-14-33-15-13-29/h2-11,16-18,28H,12-15H2,1H3. The van der Waals surface area contributed by atoms with Crippen LogP contribution in [0.4, 0.5) is 17.2 Å². The highest BCUT2D eigenvalue weighted by Crippen LogP contribution is 2.34. The Labute approximate surface area is 198 Å². The Bertz CT molecular complexity index is 1410. The Morgan fingerprint density at radius 1 is 0.912 bits per heavy atom. The summed E-state index contributed by atoms with van der Waals surface area (Å²) in [4.78, 5) is 9.19. The average molecular weight is 476 g/mol. The summed E-state index contributed by atoms with van der Waals surface area (Å²) >= 11 is 0. The van der Waals surface area contributed by atoms with Crippen LogP contribution in [0.25, 0.3) is 22.0 Å². The molecule has 1 saturated heterocycles. The molecule has 0 amide bonds. The normalized spacial score (nSPS) is 14.7. The van der Waals surface area contributed by atoms with Gasteiger partial charge in [0.1, 0.15) is 6.33 Å². The molecule has 0 unspecified atom stereocenters. The van der Waals surface area contributed by atoms with Crippen LogP contribution in [0.3, 0.4) is 0 Å². The maximum atomic E-state index is 11.7. The van der Waals surface area contributed by atoms with Gasteiger partial charge in [-0.1, -0.05) is 36.4 Å². The summed E-state index contributed by atoms with van der Waals surface area (Å²) in [5.74, 6) is 0.783. The molecule has 1 aromatic heterocycles. The number of hydrazine groups is 1. The fraction of sp³-hybridized carbons (Fsp3) is 0.200. The topological polar surface area (TPSA) is 87.7 Å². The second-order valence-electron chi connectivity index (χ2n) is 8.10. The zero-order valence-electron chi connectivity index (χ0n) is 18.8. The van der Waals surface area contributed by atoms with E-state index in [1.165, 1.54) is 0 Å². The Hall–Kier alpha value is -3.53. The molecule has 3 aromatic carbocycles. The van der Waals surface area contributed by atoms with Crippen molar-refractivity contribution in [2.45, 2.75) is 0 Å². The number of anilines is 3. The highest BCUT2D eigenvalue weighted by atomic mass is 32.2. The van der Waals surface area contributed by atoms with Crippen molar-refractivity contribution in [2.24, 2.45) is 0 Å². The zero-order valence-corrected chi connectivity index (χ0v) is 19.6. The number of rotatable bonds is 6. The maximum Gasteiger partial charge on any atom is 0.229 e. The summed E-state index contributed by atoms with van der Waals surface area (Å²) in [5.41, 5.74) is 4.19. The third-order valence-electron chi connectivity index (χ3n) is 5.59. The summed E-state index contributed by atoms with van der Waals surface area (Å²) < 4.78 is 31.5. The van der Waals surface area contributed by atoms with Gasteiger partial charge in [-0.25, -0.2) is 23.4 Å². The lowest BCUT2D eigenvalue weighted by Crippen LogP contribution is -2.47. The molecule has 2 heterocycles. The number of nitrogens with zero attached hydrogens (tertiary/aromatic N) is 4. The first-order valence-corrected chi connectivity index (χ1v) is 12.9. The molecule has 1 aliphatic heterocycles. The molecule has 0 bridgehead atoms. The van der Waals surface area contributed by atoms with Crippen LogP contribution in [0.1, 0.15) is 0 Å². The largest absolute Gasteiger partial charge is 0.379 e. The lowest BCUT2D eigenvalue weighted by atomic mass is 10.0. The van der Waals surface area contributed by atoms with Crippen molar-refractivity contribution in [1.82, 2.24) is 15.0 Å². The highest BCUT2D eigenvalue weighted by molar-refractivity contribution is 7.92. The molecule has 1 N–H and O–H groups in total. The van der Waals surface area contributed by atoms with Crippen LogP contribution >= 0.6 is 0 Å². The lowest BCUT2D eigenvalue weighted by molar-refractivity contribution is 0.0376. The Morgan fingerprint density at radius 3 is 2.44 bits per heavy atom. The van der Waals surface area contributed by atoms with Gasteiger partial charge in [0.2, 0.25) is 10.0 Å².